The summed E-state index contributed by atoms with van der Waals surface area (Å²) in [6.45, 7) is 8.72. The zero-order valence-electron chi connectivity index (χ0n) is 15.8. The molecule has 0 aliphatic carbocycles. The first kappa shape index (κ1) is 18.7. The molecule has 0 aliphatic rings. The number of aryl methyl sites for hydroxylation is 1. The number of para-hydroxylation sites is 1. The van der Waals surface area contributed by atoms with Gasteiger partial charge in [-0.15, -0.1) is 0 Å². The van der Waals surface area contributed by atoms with Crippen LogP contribution < -0.4 is 4.72 Å². The van der Waals surface area contributed by atoms with Crippen molar-refractivity contribution in [2.75, 3.05) is 6.54 Å². The van der Waals surface area contributed by atoms with Crippen LogP contribution in [-0.4, -0.2) is 19.9 Å². The topological polar surface area (TPSA) is 62.0 Å². The summed E-state index contributed by atoms with van der Waals surface area (Å²) in [5.74, 6) is 0. The Kier molecular flexibility index (Phi) is 4.95. The fourth-order valence-corrected chi connectivity index (χ4v) is 4.22. The van der Waals surface area contributed by atoms with E-state index in [9.17, 15) is 8.42 Å². The molecular formula is C21H26N2O2S. The predicted octanol–water partition coefficient (Wildman–Crippen LogP) is 4.29. The molecule has 0 atom stereocenters. The Hall–Kier alpha value is -2.11. The van der Waals surface area contributed by atoms with Gasteiger partial charge in [0, 0.05) is 23.1 Å². The van der Waals surface area contributed by atoms with Gasteiger partial charge in [0.15, 0.2) is 0 Å². The minimum atomic E-state index is -3.50. The molecule has 26 heavy (non-hydrogen) atoms. The first-order valence-electron chi connectivity index (χ1n) is 8.85. The van der Waals surface area contributed by atoms with Gasteiger partial charge in [0.1, 0.15) is 0 Å². The van der Waals surface area contributed by atoms with Crippen LogP contribution in [0.5, 0.6) is 0 Å². The maximum absolute atomic E-state index is 12.6. The van der Waals surface area contributed by atoms with Crippen molar-refractivity contribution in [3.8, 4) is 0 Å². The van der Waals surface area contributed by atoms with E-state index >= 15 is 0 Å². The van der Waals surface area contributed by atoms with E-state index < -0.39 is 10.0 Å². The van der Waals surface area contributed by atoms with Gasteiger partial charge in [-0.05, 0) is 48.1 Å². The summed E-state index contributed by atoms with van der Waals surface area (Å²) in [7, 11) is -3.50. The Morgan fingerprint density at radius 2 is 1.65 bits per heavy atom. The van der Waals surface area contributed by atoms with Crippen LogP contribution in [0.1, 0.15) is 37.6 Å². The number of H-pyrrole nitrogens is 1. The van der Waals surface area contributed by atoms with Gasteiger partial charge in [0.05, 0.1) is 4.90 Å². The number of sulfonamides is 1. The molecule has 0 radical (unpaired) electrons. The number of fused-ring (bicyclic) bond motifs is 1. The number of hydrogen-bond acceptors (Lipinski definition) is 2. The quantitative estimate of drug-likeness (QED) is 0.703. The van der Waals surface area contributed by atoms with Crippen LogP contribution >= 0.6 is 0 Å². The van der Waals surface area contributed by atoms with E-state index in [0.29, 0.717) is 17.9 Å². The molecule has 0 aliphatic heterocycles. The Morgan fingerprint density at radius 1 is 1.00 bits per heavy atom. The molecule has 5 heteroatoms. The van der Waals surface area contributed by atoms with Crippen molar-refractivity contribution in [3.05, 3.63) is 65.4 Å². The van der Waals surface area contributed by atoms with Gasteiger partial charge < -0.3 is 4.98 Å². The predicted molar refractivity (Wildman–Crippen MR) is 107 cm³/mol. The standard InChI is InChI=1S/C21H26N2O2S/c1-15-18(19-7-5-6-8-20(19)23-15)13-14-22-26(24,25)17-11-9-16(10-12-17)21(2,3)4/h5-12,22-23H,13-14H2,1-4H3. The van der Waals surface area contributed by atoms with Crippen molar-refractivity contribution in [3.63, 3.8) is 0 Å². The van der Waals surface area contributed by atoms with Gasteiger partial charge in [-0.1, -0.05) is 51.1 Å². The van der Waals surface area contributed by atoms with E-state index in [1.165, 1.54) is 0 Å². The number of rotatable bonds is 5. The van der Waals surface area contributed by atoms with Gasteiger partial charge in [-0.25, -0.2) is 13.1 Å². The monoisotopic (exact) mass is 370 g/mol. The summed E-state index contributed by atoms with van der Waals surface area (Å²) in [4.78, 5) is 3.66. The third kappa shape index (κ3) is 3.84. The first-order valence-corrected chi connectivity index (χ1v) is 10.3. The summed E-state index contributed by atoms with van der Waals surface area (Å²) < 4.78 is 27.8. The third-order valence-corrected chi connectivity index (χ3v) is 6.20. The van der Waals surface area contributed by atoms with Crippen LogP contribution in [0.4, 0.5) is 0 Å². The van der Waals surface area contributed by atoms with Crippen molar-refractivity contribution >= 4 is 20.9 Å². The lowest BCUT2D eigenvalue weighted by atomic mass is 9.87. The van der Waals surface area contributed by atoms with E-state index in [4.69, 9.17) is 0 Å². The van der Waals surface area contributed by atoms with Crippen molar-refractivity contribution in [1.82, 2.24) is 9.71 Å². The van der Waals surface area contributed by atoms with Crippen LogP contribution in [-0.2, 0) is 21.9 Å². The minimum Gasteiger partial charge on any atom is -0.358 e. The van der Waals surface area contributed by atoms with E-state index in [-0.39, 0.29) is 5.41 Å². The molecule has 0 saturated heterocycles. The van der Waals surface area contributed by atoms with Crippen LogP contribution in [0.25, 0.3) is 10.9 Å². The number of aromatic amines is 1. The zero-order valence-corrected chi connectivity index (χ0v) is 16.6. The second-order valence-electron chi connectivity index (χ2n) is 7.70. The van der Waals surface area contributed by atoms with Gasteiger partial charge >= 0.3 is 0 Å². The second kappa shape index (κ2) is 6.89. The highest BCUT2D eigenvalue weighted by Crippen LogP contribution is 2.24. The van der Waals surface area contributed by atoms with Crippen LogP contribution in [0.15, 0.2) is 53.4 Å². The van der Waals surface area contributed by atoms with Gasteiger partial charge in [0.2, 0.25) is 10.0 Å². The van der Waals surface area contributed by atoms with Crippen LogP contribution in [0.3, 0.4) is 0 Å². The Balaban J connectivity index is 1.71. The largest absolute Gasteiger partial charge is 0.358 e. The average Bonchev–Trinajstić information content (AvgIpc) is 2.90. The molecule has 3 aromatic rings. The minimum absolute atomic E-state index is 0.00257. The van der Waals surface area contributed by atoms with E-state index in [0.717, 1.165) is 27.7 Å². The number of benzene rings is 2. The lowest BCUT2D eigenvalue weighted by Gasteiger charge is -2.19. The van der Waals surface area contributed by atoms with Crippen molar-refractivity contribution in [2.24, 2.45) is 0 Å². The fraction of sp³-hybridized carbons (Fsp3) is 0.333. The number of nitrogens with one attached hydrogen (secondary N) is 2. The van der Waals surface area contributed by atoms with Gasteiger partial charge in [-0.2, -0.15) is 0 Å². The molecule has 0 amide bonds. The summed E-state index contributed by atoms with van der Waals surface area (Å²) in [5, 5.41) is 1.15. The molecule has 0 bridgehead atoms. The number of hydrogen-bond donors (Lipinski definition) is 2. The van der Waals surface area contributed by atoms with Crippen LogP contribution in [0.2, 0.25) is 0 Å². The maximum atomic E-state index is 12.6. The molecule has 1 heterocycles. The highest BCUT2D eigenvalue weighted by Gasteiger charge is 2.17. The molecule has 138 valence electrons. The molecule has 2 N–H and O–H groups in total. The molecule has 4 nitrogen and oxygen atoms in total. The Morgan fingerprint density at radius 3 is 2.31 bits per heavy atom. The molecular weight excluding hydrogens is 344 g/mol. The molecule has 3 rings (SSSR count). The maximum Gasteiger partial charge on any atom is 0.240 e. The summed E-state index contributed by atoms with van der Waals surface area (Å²) in [5.41, 5.74) is 4.44. The normalized spacial score (nSPS) is 12.6. The first-order chi connectivity index (χ1) is 12.2. The smallest absolute Gasteiger partial charge is 0.240 e. The molecule has 2 aromatic carbocycles. The van der Waals surface area contributed by atoms with Crippen molar-refractivity contribution < 1.29 is 8.42 Å². The Bertz CT molecular complexity index is 1010. The van der Waals surface area contributed by atoms with Crippen molar-refractivity contribution in [2.45, 2.75) is 44.4 Å². The lowest BCUT2D eigenvalue weighted by molar-refractivity contribution is 0.578. The van der Waals surface area contributed by atoms with Gasteiger partial charge in [0.25, 0.3) is 0 Å². The lowest BCUT2D eigenvalue weighted by Crippen LogP contribution is -2.26. The Labute approximate surface area is 155 Å². The molecule has 0 saturated carbocycles. The highest BCUT2D eigenvalue weighted by molar-refractivity contribution is 7.89. The average molecular weight is 371 g/mol. The zero-order chi connectivity index (χ0) is 18.9. The van der Waals surface area contributed by atoms with E-state index in [1.807, 2.05) is 37.3 Å². The fourth-order valence-electron chi connectivity index (χ4n) is 3.18. The summed E-state index contributed by atoms with van der Waals surface area (Å²) in [6, 6.07) is 15.2. The highest BCUT2D eigenvalue weighted by atomic mass is 32.2. The van der Waals surface area contributed by atoms with E-state index in [2.05, 4.69) is 36.5 Å². The van der Waals surface area contributed by atoms with Gasteiger partial charge in [-0.3, -0.25) is 0 Å². The molecule has 0 fully saturated rings. The van der Waals surface area contributed by atoms with Crippen LogP contribution in [0, 0.1) is 6.92 Å². The second-order valence-corrected chi connectivity index (χ2v) is 9.46. The summed E-state index contributed by atoms with van der Waals surface area (Å²) in [6.07, 6.45) is 0.648. The molecule has 0 unspecified atom stereocenters. The van der Waals surface area contributed by atoms with Crippen molar-refractivity contribution in [1.29, 1.82) is 0 Å². The number of aromatic nitrogens is 1. The molecule has 0 spiro atoms. The third-order valence-electron chi connectivity index (χ3n) is 4.72. The van der Waals surface area contributed by atoms with E-state index in [1.54, 1.807) is 12.1 Å². The summed E-state index contributed by atoms with van der Waals surface area (Å²) >= 11 is 0. The molecule has 1 aromatic heterocycles. The SMILES string of the molecule is Cc1[nH]c2ccccc2c1CCNS(=O)(=O)c1ccc(C(C)(C)C)cc1.